The van der Waals surface area contributed by atoms with Gasteiger partial charge in [0.25, 0.3) is 5.91 Å². The fourth-order valence-electron chi connectivity index (χ4n) is 4.24. The number of pyridine rings is 1. The molecule has 2 heterocycles. The van der Waals surface area contributed by atoms with E-state index in [0.717, 1.165) is 47.8 Å². The number of H-pyrrole nitrogens is 1. The zero-order valence-electron chi connectivity index (χ0n) is 16.7. The minimum Gasteiger partial charge on any atom is -0.390 e. The molecule has 1 aliphatic rings. The van der Waals surface area contributed by atoms with Gasteiger partial charge in [-0.1, -0.05) is 23.7 Å². The minimum atomic E-state index is -0.647. The van der Waals surface area contributed by atoms with E-state index < -0.39 is 5.60 Å². The molecule has 1 fully saturated rings. The average Bonchev–Trinajstić information content (AvgIpc) is 3.19. The lowest BCUT2D eigenvalue weighted by molar-refractivity contribution is -0.00257. The summed E-state index contributed by atoms with van der Waals surface area (Å²) in [4.78, 5) is 20.3. The highest BCUT2D eigenvalue weighted by atomic mass is 35.5. The highest BCUT2D eigenvalue weighted by Crippen LogP contribution is 2.33. The Morgan fingerprint density at radius 1 is 1.17 bits per heavy atom. The Bertz CT molecular complexity index is 1010. The molecule has 1 aliphatic carbocycles. The number of rotatable bonds is 4. The smallest absolute Gasteiger partial charge is 0.251 e. The number of nitrogens with zero attached hydrogens (tertiary/aromatic N) is 1. The number of benzene rings is 1. The lowest BCUT2D eigenvalue weighted by atomic mass is 9.77. The molecule has 5 nitrogen and oxygen atoms in total. The lowest BCUT2D eigenvalue weighted by Crippen LogP contribution is -2.41. The first-order valence-corrected chi connectivity index (χ1v) is 10.5. The van der Waals surface area contributed by atoms with Crippen molar-refractivity contribution >= 4 is 28.4 Å². The van der Waals surface area contributed by atoms with Gasteiger partial charge in [0.1, 0.15) is 0 Å². The first kappa shape index (κ1) is 19.9. The minimum absolute atomic E-state index is 0.0564. The van der Waals surface area contributed by atoms with Crippen LogP contribution in [0.25, 0.3) is 22.2 Å². The lowest BCUT2D eigenvalue weighted by Gasteiger charge is -2.36. The Morgan fingerprint density at radius 2 is 1.86 bits per heavy atom. The summed E-state index contributed by atoms with van der Waals surface area (Å²) >= 11 is 6.19. The van der Waals surface area contributed by atoms with E-state index in [1.54, 1.807) is 6.20 Å². The monoisotopic (exact) mass is 411 g/mol. The molecule has 1 saturated carbocycles. The third-order valence-electron chi connectivity index (χ3n) is 6.03. The standard InChI is InChI=1S/C23H26ClN3O2/c1-23(2,29)16-7-9-17(10-8-16)27-22(28)15-5-3-14(4-6-15)20-18-11-12-25-21(18)19(24)13-26-20/h3-6,11-13,16-17,25,29H,7-10H2,1-2H3,(H,27,28). The Hall–Kier alpha value is -2.37. The van der Waals surface area contributed by atoms with Crippen molar-refractivity contribution in [2.24, 2.45) is 5.92 Å². The van der Waals surface area contributed by atoms with E-state index in [9.17, 15) is 9.90 Å². The molecule has 2 aromatic heterocycles. The molecule has 29 heavy (non-hydrogen) atoms. The Morgan fingerprint density at radius 3 is 2.52 bits per heavy atom. The normalized spacial score (nSPS) is 20.0. The average molecular weight is 412 g/mol. The van der Waals surface area contributed by atoms with Crippen LogP contribution < -0.4 is 5.32 Å². The van der Waals surface area contributed by atoms with Crippen LogP contribution in [-0.4, -0.2) is 32.6 Å². The second-order valence-corrected chi connectivity index (χ2v) is 8.88. The van der Waals surface area contributed by atoms with E-state index in [1.807, 2.05) is 50.4 Å². The van der Waals surface area contributed by atoms with Gasteiger partial charge in [0, 0.05) is 34.9 Å². The molecule has 6 heteroatoms. The van der Waals surface area contributed by atoms with Crippen LogP contribution in [0.1, 0.15) is 49.9 Å². The van der Waals surface area contributed by atoms with E-state index >= 15 is 0 Å². The molecule has 152 valence electrons. The van der Waals surface area contributed by atoms with Crippen molar-refractivity contribution in [2.75, 3.05) is 0 Å². The number of carbonyl (C=O) groups is 1. The molecule has 4 rings (SSSR count). The number of hydrogen-bond donors (Lipinski definition) is 3. The van der Waals surface area contributed by atoms with E-state index in [2.05, 4.69) is 15.3 Å². The van der Waals surface area contributed by atoms with Crippen LogP contribution in [0.5, 0.6) is 0 Å². The number of halogens is 1. The second kappa shape index (κ2) is 7.81. The van der Waals surface area contributed by atoms with Gasteiger partial charge in [-0.3, -0.25) is 9.78 Å². The molecule has 3 N–H and O–H groups in total. The van der Waals surface area contributed by atoms with Crippen LogP contribution in [0, 0.1) is 5.92 Å². The topological polar surface area (TPSA) is 78.0 Å². The van der Waals surface area contributed by atoms with Gasteiger partial charge in [-0.2, -0.15) is 0 Å². The van der Waals surface area contributed by atoms with Gasteiger partial charge in [0.15, 0.2) is 0 Å². The summed E-state index contributed by atoms with van der Waals surface area (Å²) in [6.45, 7) is 3.74. The van der Waals surface area contributed by atoms with Crippen LogP contribution in [0.15, 0.2) is 42.7 Å². The predicted octanol–water partition coefficient (Wildman–Crippen LogP) is 4.94. The van der Waals surface area contributed by atoms with Crippen molar-refractivity contribution in [1.82, 2.24) is 15.3 Å². The van der Waals surface area contributed by atoms with Crippen LogP contribution in [-0.2, 0) is 0 Å². The summed E-state index contributed by atoms with van der Waals surface area (Å²) in [5.41, 5.74) is 2.62. The van der Waals surface area contributed by atoms with Crippen LogP contribution in [0.3, 0.4) is 0 Å². The molecule has 0 aliphatic heterocycles. The van der Waals surface area contributed by atoms with Gasteiger partial charge in [-0.15, -0.1) is 0 Å². The van der Waals surface area contributed by atoms with Gasteiger partial charge in [0.05, 0.1) is 21.8 Å². The van der Waals surface area contributed by atoms with Crippen molar-refractivity contribution in [3.63, 3.8) is 0 Å². The molecule has 0 saturated heterocycles. The summed E-state index contributed by atoms with van der Waals surface area (Å²) in [6, 6.07) is 9.63. The SMILES string of the molecule is CC(C)(O)C1CCC(NC(=O)c2ccc(-c3ncc(Cl)c4[nH]ccc34)cc2)CC1. The van der Waals surface area contributed by atoms with Crippen molar-refractivity contribution in [1.29, 1.82) is 0 Å². The Kier molecular flexibility index (Phi) is 5.36. The number of aromatic amines is 1. The summed E-state index contributed by atoms with van der Waals surface area (Å²) in [7, 11) is 0. The molecule has 0 radical (unpaired) electrons. The quantitative estimate of drug-likeness (QED) is 0.568. The highest BCUT2D eigenvalue weighted by molar-refractivity contribution is 6.35. The molecule has 0 atom stereocenters. The number of aliphatic hydroxyl groups is 1. The Balaban J connectivity index is 1.44. The molecular formula is C23H26ClN3O2. The maximum Gasteiger partial charge on any atom is 0.251 e. The number of amides is 1. The molecular weight excluding hydrogens is 386 g/mol. The van der Waals surface area contributed by atoms with E-state index in [0.29, 0.717) is 16.5 Å². The van der Waals surface area contributed by atoms with Gasteiger partial charge in [-0.25, -0.2) is 0 Å². The third kappa shape index (κ3) is 4.16. The van der Waals surface area contributed by atoms with Gasteiger partial charge in [0.2, 0.25) is 0 Å². The maximum atomic E-state index is 12.7. The Labute approximate surface area is 175 Å². The molecule has 0 unspecified atom stereocenters. The van der Waals surface area contributed by atoms with E-state index in [-0.39, 0.29) is 11.9 Å². The molecule has 1 amide bonds. The predicted molar refractivity (Wildman–Crippen MR) is 116 cm³/mol. The van der Waals surface area contributed by atoms with Crippen molar-refractivity contribution in [3.05, 3.63) is 53.3 Å². The summed E-state index contributed by atoms with van der Waals surface area (Å²) in [6.07, 6.45) is 7.15. The first-order chi connectivity index (χ1) is 13.8. The number of hydrogen-bond acceptors (Lipinski definition) is 3. The zero-order chi connectivity index (χ0) is 20.6. The van der Waals surface area contributed by atoms with Crippen LogP contribution >= 0.6 is 11.6 Å². The number of fused-ring (bicyclic) bond motifs is 1. The fraction of sp³-hybridized carbons (Fsp3) is 0.391. The van der Waals surface area contributed by atoms with Crippen LogP contribution in [0.4, 0.5) is 0 Å². The third-order valence-corrected chi connectivity index (χ3v) is 6.32. The van der Waals surface area contributed by atoms with Gasteiger partial charge >= 0.3 is 0 Å². The zero-order valence-corrected chi connectivity index (χ0v) is 17.5. The first-order valence-electron chi connectivity index (χ1n) is 10.1. The fourth-order valence-corrected chi connectivity index (χ4v) is 4.45. The van der Waals surface area contributed by atoms with E-state index in [4.69, 9.17) is 11.6 Å². The largest absolute Gasteiger partial charge is 0.390 e. The summed E-state index contributed by atoms with van der Waals surface area (Å²) in [5.74, 6) is 0.242. The van der Waals surface area contributed by atoms with Crippen molar-refractivity contribution in [2.45, 2.75) is 51.2 Å². The summed E-state index contributed by atoms with van der Waals surface area (Å²) < 4.78 is 0. The molecule has 1 aromatic carbocycles. The maximum absolute atomic E-state index is 12.7. The molecule has 0 bridgehead atoms. The van der Waals surface area contributed by atoms with Gasteiger partial charge in [-0.05, 0) is 63.6 Å². The van der Waals surface area contributed by atoms with Crippen LogP contribution in [0.2, 0.25) is 5.02 Å². The van der Waals surface area contributed by atoms with Crippen molar-refractivity contribution < 1.29 is 9.90 Å². The van der Waals surface area contributed by atoms with Crippen molar-refractivity contribution in [3.8, 4) is 11.3 Å². The number of aromatic nitrogens is 2. The number of nitrogens with one attached hydrogen (secondary N) is 2. The second-order valence-electron chi connectivity index (χ2n) is 8.47. The summed E-state index contributed by atoms with van der Waals surface area (Å²) in [5, 5.41) is 14.9. The number of carbonyl (C=O) groups excluding carboxylic acids is 1. The molecule has 3 aromatic rings. The highest BCUT2D eigenvalue weighted by Gasteiger charge is 2.31. The van der Waals surface area contributed by atoms with Gasteiger partial charge < -0.3 is 15.4 Å². The van der Waals surface area contributed by atoms with E-state index in [1.165, 1.54) is 0 Å². The molecule has 0 spiro atoms.